The molecule has 0 aliphatic carbocycles. The first-order valence-electron chi connectivity index (χ1n) is 5.34. The summed E-state index contributed by atoms with van der Waals surface area (Å²) >= 11 is 0. The van der Waals surface area contributed by atoms with Crippen molar-refractivity contribution in [1.29, 1.82) is 5.26 Å². The van der Waals surface area contributed by atoms with E-state index in [4.69, 9.17) is 5.26 Å². The van der Waals surface area contributed by atoms with Gasteiger partial charge in [0.2, 0.25) is 0 Å². The summed E-state index contributed by atoms with van der Waals surface area (Å²) in [6.07, 6.45) is 0. The Hall–Kier alpha value is -2.28. The van der Waals surface area contributed by atoms with Crippen molar-refractivity contribution in [3.63, 3.8) is 0 Å². The highest BCUT2D eigenvalue weighted by atomic mass is 16.1. The third-order valence-corrected chi connectivity index (χ3v) is 2.78. The summed E-state index contributed by atoms with van der Waals surface area (Å²) < 4.78 is 1.42. The van der Waals surface area contributed by atoms with Crippen molar-refractivity contribution in [3.05, 3.63) is 50.9 Å². The Morgan fingerprint density at radius 2 is 2.00 bits per heavy atom. The lowest BCUT2D eigenvalue weighted by Crippen LogP contribution is -2.17. The second-order valence-corrected chi connectivity index (χ2v) is 4.15. The quantitative estimate of drug-likeness (QED) is 0.809. The topological polar surface area (TPSA) is 61.6 Å². The number of aromatic nitrogens is 2. The summed E-state index contributed by atoms with van der Waals surface area (Å²) in [6.45, 7) is 5.66. The lowest BCUT2D eigenvalue weighted by molar-refractivity contribution is 0.828. The first-order chi connectivity index (χ1) is 8.04. The number of aryl methyl sites for hydroxylation is 3. The molecule has 0 fully saturated rings. The Morgan fingerprint density at radius 3 is 2.53 bits per heavy atom. The van der Waals surface area contributed by atoms with Crippen LogP contribution in [0.4, 0.5) is 0 Å². The fourth-order valence-corrected chi connectivity index (χ4v) is 1.90. The molecule has 0 aliphatic heterocycles. The molecule has 0 saturated heterocycles. The van der Waals surface area contributed by atoms with E-state index in [1.54, 1.807) is 6.92 Å². The molecule has 0 aliphatic rings. The normalized spacial score (nSPS) is 10.2. The molecule has 0 radical (unpaired) electrons. The van der Waals surface area contributed by atoms with Gasteiger partial charge in [-0.05, 0) is 32.4 Å². The standard InChI is InChI=1S/C13H13N3O/c1-8-4-5-12(9(2)6-8)16-13(17)11(7-14)10(3)15-16/h4-6,15H,1-3H3. The second-order valence-electron chi connectivity index (χ2n) is 4.15. The van der Waals surface area contributed by atoms with Gasteiger partial charge in [-0.25, -0.2) is 4.68 Å². The van der Waals surface area contributed by atoms with Crippen LogP contribution in [-0.4, -0.2) is 9.78 Å². The smallest absolute Gasteiger partial charge is 0.289 e. The van der Waals surface area contributed by atoms with Crippen LogP contribution in [0.2, 0.25) is 0 Å². The maximum absolute atomic E-state index is 12.0. The van der Waals surface area contributed by atoms with Gasteiger partial charge in [0.1, 0.15) is 11.6 Å². The highest BCUT2D eigenvalue weighted by Crippen LogP contribution is 2.14. The van der Waals surface area contributed by atoms with Crippen LogP contribution in [-0.2, 0) is 0 Å². The lowest BCUT2D eigenvalue weighted by Gasteiger charge is -2.06. The van der Waals surface area contributed by atoms with E-state index in [0.717, 1.165) is 16.8 Å². The Kier molecular flexibility index (Phi) is 2.60. The molecule has 0 atom stereocenters. The Balaban J connectivity index is 2.71. The van der Waals surface area contributed by atoms with Crippen LogP contribution in [0.1, 0.15) is 22.4 Å². The van der Waals surface area contributed by atoms with E-state index < -0.39 is 0 Å². The summed E-state index contributed by atoms with van der Waals surface area (Å²) in [4.78, 5) is 12.0. The van der Waals surface area contributed by atoms with Gasteiger partial charge in [-0.15, -0.1) is 0 Å². The van der Waals surface area contributed by atoms with Gasteiger partial charge in [-0.3, -0.25) is 9.89 Å². The SMILES string of the molecule is Cc1ccc(-n2[nH]c(C)c(C#N)c2=O)c(C)c1. The number of nitrogens with zero attached hydrogens (tertiary/aromatic N) is 2. The number of rotatable bonds is 1. The zero-order valence-electron chi connectivity index (χ0n) is 10.0. The number of hydrogen-bond acceptors (Lipinski definition) is 2. The number of benzene rings is 1. The van der Waals surface area contributed by atoms with E-state index in [1.165, 1.54) is 4.68 Å². The molecule has 17 heavy (non-hydrogen) atoms. The minimum atomic E-state index is -0.294. The zero-order valence-corrected chi connectivity index (χ0v) is 10.0. The van der Waals surface area contributed by atoms with Crippen LogP contribution in [0.15, 0.2) is 23.0 Å². The number of H-pyrrole nitrogens is 1. The molecule has 0 amide bonds. The molecular weight excluding hydrogens is 214 g/mol. The van der Waals surface area contributed by atoms with Gasteiger partial charge in [0.05, 0.1) is 11.4 Å². The Bertz CT molecular complexity index is 671. The summed E-state index contributed by atoms with van der Waals surface area (Å²) in [7, 11) is 0. The fraction of sp³-hybridized carbons (Fsp3) is 0.231. The highest BCUT2D eigenvalue weighted by Gasteiger charge is 2.12. The van der Waals surface area contributed by atoms with E-state index in [2.05, 4.69) is 5.10 Å². The first kappa shape index (κ1) is 11.2. The molecular formula is C13H13N3O. The van der Waals surface area contributed by atoms with Gasteiger partial charge in [0.25, 0.3) is 5.56 Å². The monoisotopic (exact) mass is 227 g/mol. The van der Waals surface area contributed by atoms with Gasteiger partial charge in [0.15, 0.2) is 0 Å². The largest absolute Gasteiger partial charge is 0.294 e. The van der Waals surface area contributed by atoms with Gasteiger partial charge in [0, 0.05) is 0 Å². The molecule has 2 rings (SSSR count). The molecule has 86 valence electrons. The minimum Gasteiger partial charge on any atom is -0.294 e. The van der Waals surface area contributed by atoms with Crippen molar-refractivity contribution >= 4 is 0 Å². The predicted molar refractivity (Wildman–Crippen MR) is 65.3 cm³/mol. The average molecular weight is 227 g/mol. The van der Waals surface area contributed by atoms with Crippen molar-refractivity contribution in [2.45, 2.75) is 20.8 Å². The molecule has 2 aromatic rings. The minimum absolute atomic E-state index is 0.171. The van der Waals surface area contributed by atoms with Gasteiger partial charge in [-0.1, -0.05) is 17.7 Å². The van der Waals surface area contributed by atoms with Gasteiger partial charge in [-0.2, -0.15) is 5.26 Å². The number of aromatic amines is 1. The van der Waals surface area contributed by atoms with Crippen LogP contribution in [0, 0.1) is 32.1 Å². The second kappa shape index (κ2) is 3.95. The maximum Gasteiger partial charge on any atom is 0.289 e. The van der Waals surface area contributed by atoms with E-state index >= 15 is 0 Å². The molecule has 0 spiro atoms. The molecule has 4 heteroatoms. The number of nitriles is 1. The van der Waals surface area contributed by atoms with Crippen LogP contribution in [0.25, 0.3) is 5.69 Å². The lowest BCUT2D eigenvalue weighted by atomic mass is 10.1. The summed E-state index contributed by atoms with van der Waals surface area (Å²) in [6, 6.07) is 7.74. The zero-order chi connectivity index (χ0) is 12.6. The van der Waals surface area contributed by atoms with Crippen molar-refractivity contribution in [3.8, 4) is 11.8 Å². The molecule has 0 saturated carbocycles. The predicted octanol–water partition coefficient (Wildman–Crippen LogP) is 1.96. The third kappa shape index (κ3) is 1.76. The molecule has 1 aromatic heterocycles. The molecule has 4 nitrogen and oxygen atoms in total. The van der Waals surface area contributed by atoms with Crippen molar-refractivity contribution in [1.82, 2.24) is 9.78 Å². The summed E-state index contributed by atoms with van der Waals surface area (Å²) in [5.74, 6) is 0. The van der Waals surface area contributed by atoms with E-state index in [1.807, 2.05) is 38.1 Å². The van der Waals surface area contributed by atoms with Crippen LogP contribution >= 0.6 is 0 Å². The number of hydrogen-bond donors (Lipinski definition) is 1. The van der Waals surface area contributed by atoms with Crippen LogP contribution in [0.5, 0.6) is 0 Å². The highest BCUT2D eigenvalue weighted by molar-refractivity contribution is 5.44. The van der Waals surface area contributed by atoms with Crippen molar-refractivity contribution in [2.24, 2.45) is 0 Å². The van der Waals surface area contributed by atoms with Gasteiger partial charge >= 0.3 is 0 Å². The van der Waals surface area contributed by atoms with Gasteiger partial charge < -0.3 is 0 Å². The van der Waals surface area contributed by atoms with E-state index in [-0.39, 0.29) is 11.1 Å². The van der Waals surface area contributed by atoms with Crippen molar-refractivity contribution in [2.75, 3.05) is 0 Å². The molecule has 0 bridgehead atoms. The van der Waals surface area contributed by atoms with Crippen LogP contribution in [0.3, 0.4) is 0 Å². The van der Waals surface area contributed by atoms with E-state index in [0.29, 0.717) is 5.69 Å². The Morgan fingerprint density at radius 1 is 1.29 bits per heavy atom. The van der Waals surface area contributed by atoms with Crippen molar-refractivity contribution < 1.29 is 0 Å². The van der Waals surface area contributed by atoms with E-state index in [9.17, 15) is 4.79 Å². The summed E-state index contributed by atoms with van der Waals surface area (Å²) in [5, 5.41) is 11.8. The fourth-order valence-electron chi connectivity index (χ4n) is 1.90. The molecule has 1 heterocycles. The average Bonchev–Trinajstić information content (AvgIpc) is 2.54. The Labute approximate surface area is 99.1 Å². The molecule has 1 aromatic carbocycles. The first-order valence-corrected chi connectivity index (χ1v) is 5.34. The summed E-state index contributed by atoms with van der Waals surface area (Å²) in [5.41, 5.74) is 3.39. The molecule has 0 unspecified atom stereocenters. The number of nitrogens with one attached hydrogen (secondary N) is 1. The van der Waals surface area contributed by atoms with Crippen LogP contribution < -0.4 is 5.56 Å². The maximum atomic E-state index is 12.0. The molecule has 1 N–H and O–H groups in total. The third-order valence-electron chi connectivity index (χ3n) is 2.78.